The van der Waals surface area contributed by atoms with Crippen LogP contribution in [0.2, 0.25) is 5.02 Å². The number of hydrogen-bond donors (Lipinski definition) is 1. The minimum atomic E-state index is -0.536. The van der Waals surface area contributed by atoms with Crippen LogP contribution in [0.15, 0.2) is 78.2 Å². The molecular weight excluding hydrogens is 366 g/mol. The number of carbonyl (C=O) groups is 2. The molecule has 0 aliphatic carbocycles. The third-order valence-electron chi connectivity index (χ3n) is 3.51. The highest BCUT2D eigenvalue weighted by Crippen LogP contribution is 2.18. The van der Waals surface area contributed by atoms with Crippen LogP contribution in [-0.2, 0) is 0 Å². The van der Waals surface area contributed by atoms with Crippen molar-refractivity contribution in [1.29, 1.82) is 0 Å². The number of pyridine rings is 1. The molecule has 1 amide bonds. The van der Waals surface area contributed by atoms with Crippen LogP contribution in [-0.4, -0.2) is 23.1 Å². The zero-order valence-corrected chi connectivity index (χ0v) is 14.8. The summed E-state index contributed by atoms with van der Waals surface area (Å²) in [6.07, 6.45) is 4.54. The van der Waals surface area contributed by atoms with Crippen molar-refractivity contribution >= 4 is 29.7 Å². The van der Waals surface area contributed by atoms with Gasteiger partial charge < -0.3 is 4.74 Å². The molecule has 0 aliphatic rings. The number of benzene rings is 2. The molecule has 6 nitrogen and oxygen atoms in total. The van der Waals surface area contributed by atoms with Gasteiger partial charge in [-0.15, -0.1) is 0 Å². The van der Waals surface area contributed by atoms with E-state index in [1.807, 2.05) is 0 Å². The quantitative estimate of drug-likeness (QED) is 0.317. The number of carbonyl (C=O) groups excluding carboxylic acids is 2. The van der Waals surface area contributed by atoms with Crippen LogP contribution < -0.4 is 10.2 Å². The van der Waals surface area contributed by atoms with Gasteiger partial charge in [0.2, 0.25) is 0 Å². The SMILES string of the molecule is O=C(N/N=C\c1ccc(OC(=O)c2ccccc2Cl)cc1)c1ccncc1. The first-order valence-electron chi connectivity index (χ1n) is 7.94. The van der Waals surface area contributed by atoms with Crippen molar-refractivity contribution in [1.82, 2.24) is 10.4 Å². The average molecular weight is 380 g/mol. The van der Waals surface area contributed by atoms with E-state index in [4.69, 9.17) is 16.3 Å². The second-order valence-corrected chi connectivity index (χ2v) is 5.78. The first kappa shape index (κ1) is 18.3. The second-order valence-electron chi connectivity index (χ2n) is 5.37. The van der Waals surface area contributed by atoms with Gasteiger partial charge in [0.25, 0.3) is 5.91 Å². The zero-order valence-electron chi connectivity index (χ0n) is 14.0. The van der Waals surface area contributed by atoms with Crippen molar-refractivity contribution in [3.05, 3.63) is 94.8 Å². The predicted molar refractivity (Wildman–Crippen MR) is 102 cm³/mol. The van der Waals surface area contributed by atoms with Gasteiger partial charge in [-0.3, -0.25) is 9.78 Å². The Bertz CT molecular complexity index is 973. The zero-order chi connectivity index (χ0) is 19.1. The Morgan fingerprint density at radius 3 is 2.41 bits per heavy atom. The number of esters is 1. The highest BCUT2D eigenvalue weighted by atomic mass is 35.5. The number of ether oxygens (including phenoxy) is 1. The number of halogens is 1. The fourth-order valence-electron chi connectivity index (χ4n) is 2.14. The number of aromatic nitrogens is 1. The molecule has 1 heterocycles. The molecule has 3 rings (SSSR count). The third kappa shape index (κ3) is 4.99. The van der Waals surface area contributed by atoms with Gasteiger partial charge in [0.1, 0.15) is 5.75 Å². The summed E-state index contributed by atoms with van der Waals surface area (Å²) >= 11 is 5.98. The number of nitrogens with zero attached hydrogens (tertiary/aromatic N) is 2. The number of hydrazone groups is 1. The van der Waals surface area contributed by atoms with E-state index in [2.05, 4.69) is 15.5 Å². The van der Waals surface area contributed by atoms with Gasteiger partial charge in [-0.1, -0.05) is 23.7 Å². The molecule has 0 spiro atoms. The first-order valence-corrected chi connectivity index (χ1v) is 8.31. The van der Waals surface area contributed by atoms with Gasteiger partial charge in [0.15, 0.2) is 0 Å². The lowest BCUT2D eigenvalue weighted by molar-refractivity contribution is 0.0734. The van der Waals surface area contributed by atoms with Crippen LogP contribution in [0.3, 0.4) is 0 Å². The number of hydrogen-bond acceptors (Lipinski definition) is 5. The summed E-state index contributed by atoms with van der Waals surface area (Å²) in [6.45, 7) is 0. The molecule has 0 aliphatic heterocycles. The normalized spacial score (nSPS) is 10.6. The van der Waals surface area contributed by atoms with Crippen molar-refractivity contribution in [3.63, 3.8) is 0 Å². The molecule has 3 aromatic rings. The Balaban J connectivity index is 1.58. The molecule has 134 valence electrons. The smallest absolute Gasteiger partial charge is 0.345 e. The summed E-state index contributed by atoms with van der Waals surface area (Å²) in [6, 6.07) is 16.5. The maximum atomic E-state index is 12.1. The number of nitrogens with one attached hydrogen (secondary N) is 1. The van der Waals surface area contributed by atoms with Crippen molar-refractivity contribution in [3.8, 4) is 5.75 Å². The Hall–Kier alpha value is -3.51. The van der Waals surface area contributed by atoms with E-state index < -0.39 is 5.97 Å². The summed E-state index contributed by atoms with van der Waals surface area (Å²) in [5.41, 5.74) is 3.91. The fourth-order valence-corrected chi connectivity index (χ4v) is 2.36. The fraction of sp³-hybridized carbons (Fsp3) is 0. The maximum absolute atomic E-state index is 12.1. The van der Waals surface area contributed by atoms with Gasteiger partial charge in [-0.2, -0.15) is 5.10 Å². The summed E-state index contributed by atoms with van der Waals surface area (Å²) in [4.78, 5) is 27.8. The Kier molecular flexibility index (Phi) is 5.91. The van der Waals surface area contributed by atoms with Crippen molar-refractivity contribution in [2.75, 3.05) is 0 Å². The predicted octanol–water partition coefficient (Wildman–Crippen LogP) is 3.72. The summed E-state index contributed by atoms with van der Waals surface area (Å²) in [5, 5.41) is 4.23. The van der Waals surface area contributed by atoms with Gasteiger partial charge >= 0.3 is 5.97 Å². The van der Waals surface area contributed by atoms with Gasteiger partial charge in [0, 0.05) is 18.0 Å². The number of rotatable bonds is 5. The van der Waals surface area contributed by atoms with Crippen LogP contribution in [0.1, 0.15) is 26.3 Å². The van der Waals surface area contributed by atoms with Crippen LogP contribution in [0.5, 0.6) is 5.75 Å². The van der Waals surface area contributed by atoms with Crippen molar-refractivity contribution in [2.24, 2.45) is 5.10 Å². The number of amides is 1. The molecule has 2 aromatic carbocycles. The molecule has 27 heavy (non-hydrogen) atoms. The summed E-state index contributed by atoms with van der Waals surface area (Å²) < 4.78 is 5.29. The Labute approximate surface area is 160 Å². The van der Waals surface area contributed by atoms with E-state index in [9.17, 15) is 9.59 Å². The molecular formula is C20H14ClN3O3. The maximum Gasteiger partial charge on any atom is 0.345 e. The second kappa shape index (κ2) is 8.73. The van der Waals surface area contributed by atoms with Crippen LogP contribution in [0, 0.1) is 0 Å². The van der Waals surface area contributed by atoms with E-state index >= 15 is 0 Å². The van der Waals surface area contributed by atoms with E-state index in [0.29, 0.717) is 21.9 Å². The van der Waals surface area contributed by atoms with Crippen LogP contribution in [0.25, 0.3) is 0 Å². The molecule has 0 atom stereocenters. The van der Waals surface area contributed by atoms with Crippen LogP contribution in [0.4, 0.5) is 0 Å². The molecule has 7 heteroatoms. The van der Waals surface area contributed by atoms with E-state index in [1.165, 1.54) is 18.6 Å². The topological polar surface area (TPSA) is 80.6 Å². The van der Waals surface area contributed by atoms with Crippen molar-refractivity contribution < 1.29 is 14.3 Å². The molecule has 1 aromatic heterocycles. The van der Waals surface area contributed by atoms with Crippen LogP contribution >= 0.6 is 11.6 Å². The highest BCUT2D eigenvalue weighted by Gasteiger charge is 2.11. The minimum absolute atomic E-state index is 0.295. The van der Waals surface area contributed by atoms with Gasteiger partial charge in [-0.05, 0) is 54.1 Å². The molecule has 0 saturated carbocycles. The molecule has 0 radical (unpaired) electrons. The Morgan fingerprint density at radius 2 is 1.70 bits per heavy atom. The molecule has 0 unspecified atom stereocenters. The lowest BCUT2D eigenvalue weighted by Gasteiger charge is -2.05. The van der Waals surface area contributed by atoms with Gasteiger partial charge in [0.05, 0.1) is 16.8 Å². The summed E-state index contributed by atoms with van der Waals surface area (Å²) in [7, 11) is 0. The third-order valence-corrected chi connectivity index (χ3v) is 3.84. The standard InChI is InChI=1S/C20H14ClN3O3/c21-18-4-2-1-3-17(18)20(26)27-16-7-5-14(6-8-16)13-23-24-19(25)15-9-11-22-12-10-15/h1-13H,(H,24,25)/b23-13-. The first-order chi connectivity index (χ1) is 13.1. The lowest BCUT2D eigenvalue weighted by atomic mass is 10.2. The largest absolute Gasteiger partial charge is 0.423 e. The highest BCUT2D eigenvalue weighted by molar-refractivity contribution is 6.33. The van der Waals surface area contributed by atoms with E-state index in [0.717, 1.165) is 5.56 Å². The lowest BCUT2D eigenvalue weighted by Crippen LogP contribution is -2.17. The molecule has 0 saturated heterocycles. The molecule has 0 bridgehead atoms. The van der Waals surface area contributed by atoms with Gasteiger partial charge in [-0.25, -0.2) is 10.2 Å². The summed E-state index contributed by atoms with van der Waals surface area (Å²) in [5.74, 6) is -0.497. The average Bonchev–Trinajstić information content (AvgIpc) is 2.70. The minimum Gasteiger partial charge on any atom is -0.423 e. The Morgan fingerprint density at radius 1 is 1.00 bits per heavy atom. The monoisotopic (exact) mass is 379 g/mol. The van der Waals surface area contributed by atoms with Crippen molar-refractivity contribution in [2.45, 2.75) is 0 Å². The van der Waals surface area contributed by atoms with E-state index in [-0.39, 0.29) is 5.91 Å². The van der Waals surface area contributed by atoms with E-state index in [1.54, 1.807) is 60.7 Å². The molecule has 0 fully saturated rings. The molecule has 1 N–H and O–H groups in total.